The van der Waals surface area contributed by atoms with E-state index in [1.165, 1.54) is 36.8 Å². The first-order valence-corrected chi connectivity index (χ1v) is 35.7. The number of para-hydroxylation sites is 1. The molecule has 0 aliphatic carbocycles. The lowest BCUT2D eigenvalue weighted by Crippen LogP contribution is -2.10. The number of nitrogens with one attached hydrogen (secondary N) is 4. The number of sulfonamides is 1. The Morgan fingerprint density at radius 3 is 1.13 bits per heavy atom. The van der Waals surface area contributed by atoms with E-state index in [-0.39, 0.29) is 20.5 Å². The molecule has 12 rings (SSSR count). The molecule has 460 valence electrons. The SMILES string of the molecule is CC(=O)c1ccccc1-c1ccc2nc(C#Cc3ccc(S(C)(=O)=O)cc3)[nH]c2c1.CC(O)c1ccccc1-c1ccc2nc(C#Cc3ccc(S(C)(=O)=O)cc3)[nH]c2c1.CS(=O)(=O)Nc1ccccc1-c1ccc2nc(C#Cc3ccc(S(C)(=O)=O)cc3)[nH]c2c1. The minimum atomic E-state index is -3.41. The molecule has 0 saturated heterocycles. The van der Waals surface area contributed by atoms with Gasteiger partial charge in [-0.3, -0.25) is 9.52 Å². The molecule has 1 unspecified atom stereocenters. The third-order valence-electron chi connectivity index (χ3n) is 14.1. The highest BCUT2D eigenvalue weighted by Crippen LogP contribution is 2.33. The number of nitrogens with zero attached hydrogens (tertiary/aromatic N) is 3. The number of ketones is 1. The Bertz CT molecular complexity index is 5510. The van der Waals surface area contributed by atoms with E-state index in [0.29, 0.717) is 45.4 Å². The highest BCUT2D eigenvalue weighted by molar-refractivity contribution is 7.92. The highest BCUT2D eigenvalue weighted by atomic mass is 32.2. The van der Waals surface area contributed by atoms with Crippen LogP contribution in [0.2, 0.25) is 0 Å². The minimum Gasteiger partial charge on any atom is -0.389 e. The van der Waals surface area contributed by atoms with Crippen molar-refractivity contribution in [3.8, 4) is 68.9 Å². The standard InChI is InChI=1S/C24H20N2O3S.C24H18N2O3S.C23H19N3O4S2/c2*1-16(27)20-5-3-4-6-21(20)18-10-13-22-23(15-18)26-24(25-22)14-9-17-7-11-19(12-8-17)30(2,28)29;1-31(27,28)18-11-7-16(8-12-18)9-14-23-24-21-13-10-17(15-22(21)25-23)19-5-3-4-6-20(19)26-32(2,29)30/h3-8,10-13,15-16,27H,1-2H3,(H,25,26);3-8,10-13,15H,1-2H3,(H,25,26);3-8,10-13,15,26H,1-2H3,(H,24,25). The summed E-state index contributed by atoms with van der Waals surface area (Å²) in [6.07, 6.45) is 4.06. The van der Waals surface area contributed by atoms with E-state index in [9.17, 15) is 43.6 Å². The van der Waals surface area contributed by atoms with Gasteiger partial charge in [0.2, 0.25) is 10.0 Å². The van der Waals surface area contributed by atoms with Crippen LogP contribution in [0.5, 0.6) is 0 Å². The van der Waals surface area contributed by atoms with Gasteiger partial charge in [-0.05, 0) is 180 Å². The van der Waals surface area contributed by atoms with Crippen molar-refractivity contribution in [1.82, 2.24) is 29.9 Å². The first-order valence-electron chi connectivity index (χ1n) is 28.1. The molecule has 17 nitrogen and oxygen atoms in total. The summed E-state index contributed by atoms with van der Waals surface area (Å²) in [5.41, 5.74) is 14.1. The number of fused-ring (bicyclic) bond motifs is 3. The van der Waals surface area contributed by atoms with Crippen LogP contribution < -0.4 is 4.72 Å². The molecule has 9 aromatic carbocycles. The number of hydrogen-bond acceptors (Lipinski definition) is 13. The molecule has 92 heavy (non-hydrogen) atoms. The maximum atomic E-state index is 11.9. The van der Waals surface area contributed by atoms with Crippen LogP contribution >= 0.6 is 0 Å². The summed E-state index contributed by atoms with van der Waals surface area (Å²) in [5.74, 6) is 19.4. The Labute approximate surface area is 532 Å². The molecule has 12 aromatic rings. The molecule has 0 aliphatic rings. The summed E-state index contributed by atoms with van der Waals surface area (Å²) in [4.78, 5) is 35.7. The summed E-state index contributed by atoms with van der Waals surface area (Å²) in [6.45, 7) is 3.31. The lowest BCUT2D eigenvalue weighted by molar-refractivity contribution is 0.101. The van der Waals surface area contributed by atoms with E-state index in [1.807, 2.05) is 115 Å². The van der Waals surface area contributed by atoms with E-state index >= 15 is 0 Å². The van der Waals surface area contributed by atoms with Crippen LogP contribution in [0.4, 0.5) is 5.69 Å². The van der Waals surface area contributed by atoms with Crippen molar-refractivity contribution in [1.29, 1.82) is 0 Å². The fraction of sp³-hybridized carbons (Fsp3) is 0.0986. The Hall–Kier alpha value is -10.7. The zero-order valence-electron chi connectivity index (χ0n) is 50.2. The molecule has 0 spiro atoms. The van der Waals surface area contributed by atoms with Crippen LogP contribution in [0.3, 0.4) is 0 Å². The number of aliphatic hydroxyl groups excluding tert-OH is 1. The van der Waals surface area contributed by atoms with Crippen molar-refractivity contribution in [3.63, 3.8) is 0 Å². The number of aromatic nitrogens is 6. The number of carbonyl (C=O) groups is 1. The molecule has 0 aliphatic heterocycles. The number of aliphatic hydroxyl groups is 1. The monoisotopic (exact) mass is 1300 g/mol. The maximum absolute atomic E-state index is 11.9. The average Bonchev–Trinajstić information content (AvgIpc) is 1.69. The number of imidazole rings is 3. The Morgan fingerprint density at radius 2 is 0.761 bits per heavy atom. The lowest BCUT2D eigenvalue weighted by Gasteiger charge is -2.11. The fourth-order valence-electron chi connectivity index (χ4n) is 9.65. The second-order valence-corrected chi connectivity index (χ2v) is 29.2. The van der Waals surface area contributed by atoms with Crippen molar-refractivity contribution >= 4 is 84.1 Å². The van der Waals surface area contributed by atoms with Gasteiger partial charge in [0.05, 0.1) is 65.8 Å². The second kappa shape index (κ2) is 26.8. The van der Waals surface area contributed by atoms with Crippen molar-refractivity contribution in [3.05, 3.63) is 245 Å². The Morgan fingerprint density at radius 1 is 0.424 bits per heavy atom. The number of anilines is 1. The van der Waals surface area contributed by atoms with Crippen LogP contribution in [0.1, 0.15) is 70.0 Å². The summed E-state index contributed by atoms with van der Waals surface area (Å²) < 4.78 is 95.2. The van der Waals surface area contributed by atoms with Crippen molar-refractivity contribution < 1.29 is 43.6 Å². The number of Topliss-reactive ketones (excluding diaryl/α,β-unsaturated/α-hetero) is 1. The molecule has 1 atom stereocenters. The normalized spacial score (nSPS) is 11.7. The van der Waals surface area contributed by atoms with E-state index in [2.05, 4.69) is 70.1 Å². The zero-order chi connectivity index (χ0) is 65.5. The first kappa shape index (κ1) is 64.3. The fourth-order valence-corrected chi connectivity index (χ4v) is 12.1. The number of sulfone groups is 3. The van der Waals surface area contributed by atoms with E-state index in [4.69, 9.17) is 0 Å². The van der Waals surface area contributed by atoms with Crippen LogP contribution in [0.15, 0.2) is 215 Å². The van der Waals surface area contributed by atoms with Crippen molar-refractivity contribution in [2.75, 3.05) is 29.7 Å². The summed E-state index contributed by atoms with van der Waals surface area (Å²) in [6, 6.07) is 58.9. The van der Waals surface area contributed by atoms with Gasteiger partial charge in [-0.1, -0.05) is 103 Å². The molecule has 0 amide bonds. The van der Waals surface area contributed by atoms with E-state index < -0.39 is 45.6 Å². The topological polar surface area (TPSA) is 272 Å². The number of aromatic amines is 3. The number of hydrogen-bond donors (Lipinski definition) is 5. The number of benzene rings is 9. The van der Waals surface area contributed by atoms with Gasteiger partial charge < -0.3 is 20.1 Å². The average molecular weight is 1300 g/mol. The third kappa shape index (κ3) is 16.2. The van der Waals surface area contributed by atoms with E-state index in [0.717, 1.165) is 84.6 Å². The maximum Gasteiger partial charge on any atom is 0.229 e. The number of H-pyrrole nitrogens is 3. The van der Waals surface area contributed by atoms with Crippen LogP contribution in [-0.2, 0) is 39.5 Å². The van der Waals surface area contributed by atoms with Gasteiger partial charge in [0.1, 0.15) is 0 Å². The van der Waals surface area contributed by atoms with Crippen LogP contribution in [0, 0.1) is 35.5 Å². The van der Waals surface area contributed by atoms with Gasteiger partial charge in [0, 0.05) is 46.6 Å². The third-order valence-corrected chi connectivity index (χ3v) is 18.1. The minimum absolute atomic E-state index is 0.0174. The van der Waals surface area contributed by atoms with Crippen molar-refractivity contribution in [2.45, 2.75) is 34.6 Å². The molecule has 21 heteroatoms. The van der Waals surface area contributed by atoms with Gasteiger partial charge in [0.25, 0.3) is 0 Å². The zero-order valence-corrected chi connectivity index (χ0v) is 53.5. The van der Waals surface area contributed by atoms with Gasteiger partial charge >= 0.3 is 0 Å². The number of carbonyl (C=O) groups excluding carboxylic acids is 1. The van der Waals surface area contributed by atoms with Gasteiger partial charge in [-0.25, -0.2) is 48.6 Å². The largest absolute Gasteiger partial charge is 0.389 e. The summed E-state index contributed by atoms with van der Waals surface area (Å²) >= 11 is 0. The Balaban J connectivity index is 0.000000151. The van der Waals surface area contributed by atoms with Gasteiger partial charge in [-0.2, -0.15) is 0 Å². The van der Waals surface area contributed by atoms with Crippen LogP contribution in [-0.4, -0.2) is 99.5 Å². The molecular weight excluding hydrogens is 1240 g/mol. The highest BCUT2D eigenvalue weighted by Gasteiger charge is 2.15. The summed E-state index contributed by atoms with van der Waals surface area (Å²) in [5, 5.41) is 10.1. The second-order valence-electron chi connectivity index (χ2n) is 21.4. The predicted molar refractivity (Wildman–Crippen MR) is 360 cm³/mol. The van der Waals surface area contributed by atoms with Crippen LogP contribution in [0.25, 0.3) is 66.5 Å². The smallest absolute Gasteiger partial charge is 0.229 e. The quantitative estimate of drug-likeness (QED) is 0.0630. The predicted octanol–water partition coefficient (Wildman–Crippen LogP) is 11.7. The lowest BCUT2D eigenvalue weighted by atomic mass is 9.96. The Kier molecular flexibility index (Phi) is 18.7. The van der Waals surface area contributed by atoms with Gasteiger partial charge in [0.15, 0.2) is 52.8 Å². The molecule has 0 saturated carbocycles. The van der Waals surface area contributed by atoms with Gasteiger partial charge in [-0.15, -0.1) is 0 Å². The number of rotatable bonds is 10. The van der Waals surface area contributed by atoms with E-state index in [1.54, 1.807) is 74.5 Å². The first-order chi connectivity index (χ1) is 43.7. The molecule has 3 aromatic heterocycles. The van der Waals surface area contributed by atoms with Crippen molar-refractivity contribution in [2.24, 2.45) is 0 Å². The molecular formula is C71H57N7O10S4. The molecule has 3 heterocycles. The molecule has 0 fully saturated rings. The summed E-state index contributed by atoms with van der Waals surface area (Å²) in [7, 11) is -13.1. The molecule has 0 bridgehead atoms. The molecule has 5 N–H and O–H groups in total. The molecule has 0 radical (unpaired) electrons.